The highest BCUT2D eigenvalue weighted by atomic mass is 16.2. The number of guanidine groups is 2. The average molecular weight is 668 g/mol. The summed E-state index contributed by atoms with van der Waals surface area (Å²) in [6.45, 7) is 20.1. The zero-order valence-corrected chi connectivity index (χ0v) is 30.3. The van der Waals surface area contributed by atoms with E-state index in [0.717, 1.165) is 33.3 Å². The molecule has 13 N–H and O–H groups in total. The van der Waals surface area contributed by atoms with Crippen LogP contribution in [0.3, 0.4) is 0 Å². The molecule has 0 spiro atoms. The van der Waals surface area contributed by atoms with Gasteiger partial charge in [-0.25, -0.2) is 0 Å². The lowest BCUT2D eigenvalue weighted by Gasteiger charge is -2.26. The first-order valence-electron chi connectivity index (χ1n) is 16.7. The summed E-state index contributed by atoms with van der Waals surface area (Å²) < 4.78 is 0. The number of carbonyl (C=O) groups excluding carboxylic acids is 3. The third-order valence-corrected chi connectivity index (χ3v) is 8.27. The fourth-order valence-corrected chi connectivity index (χ4v) is 5.56. The molecule has 1 aromatic heterocycles. The molecule has 0 bridgehead atoms. The van der Waals surface area contributed by atoms with Crippen molar-refractivity contribution < 1.29 is 14.4 Å². The number of aromatic amines is 1. The van der Waals surface area contributed by atoms with Gasteiger partial charge >= 0.3 is 0 Å². The van der Waals surface area contributed by atoms with E-state index in [2.05, 4.69) is 101 Å². The molecule has 0 unspecified atom stereocenters. The lowest BCUT2D eigenvalue weighted by atomic mass is 9.78. The molecule has 0 aliphatic heterocycles. The molecule has 2 aromatic rings. The highest BCUT2D eigenvalue weighted by Crippen LogP contribution is 2.40. The number of benzene rings is 1. The molecule has 13 heteroatoms. The van der Waals surface area contributed by atoms with E-state index >= 15 is 0 Å². The first kappa shape index (κ1) is 40.0. The summed E-state index contributed by atoms with van der Waals surface area (Å²) in [5.41, 5.74) is 21.5. The molecule has 0 fully saturated rings. The maximum absolute atomic E-state index is 13.9. The molecule has 0 saturated carbocycles. The molecule has 1 aromatic carbocycles. The third-order valence-electron chi connectivity index (χ3n) is 8.27. The Hall–Kier alpha value is -4.13. The first-order valence-corrected chi connectivity index (χ1v) is 16.7. The van der Waals surface area contributed by atoms with Crippen LogP contribution in [0.15, 0.2) is 12.1 Å². The SMILES string of the molecule is CC(C)(C)c1cc(C(C)(C)C)c2[nH]c(C(C)(C)C)c(C[C@H](NC(=O)[C@@H](N)CCCNC(=N)N)C(=O)N[C@H]([C]=O)CCCNC(=N)N)c2c1. The van der Waals surface area contributed by atoms with Crippen LogP contribution in [0, 0.1) is 10.8 Å². The first-order chi connectivity index (χ1) is 22.1. The van der Waals surface area contributed by atoms with Crippen LogP contribution in [0.2, 0.25) is 0 Å². The molecule has 267 valence electrons. The van der Waals surface area contributed by atoms with Crippen LogP contribution < -0.4 is 38.5 Å². The van der Waals surface area contributed by atoms with Crippen molar-refractivity contribution >= 4 is 40.9 Å². The minimum atomic E-state index is -1.05. The van der Waals surface area contributed by atoms with Gasteiger partial charge in [0.2, 0.25) is 18.1 Å². The van der Waals surface area contributed by atoms with E-state index in [1.807, 2.05) is 6.29 Å². The van der Waals surface area contributed by atoms with Crippen LogP contribution in [0.5, 0.6) is 0 Å². The molecule has 2 amide bonds. The van der Waals surface area contributed by atoms with Crippen molar-refractivity contribution in [2.75, 3.05) is 13.1 Å². The van der Waals surface area contributed by atoms with E-state index in [1.54, 1.807) is 0 Å². The van der Waals surface area contributed by atoms with Gasteiger partial charge in [0.25, 0.3) is 0 Å². The van der Waals surface area contributed by atoms with Gasteiger partial charge in [0.1, 0.15) is 6.04 Å². The largest absolute Gasteiger partial charge is 0.370 e. The number of rotatable bonds is 15. The van der Waals surface area contributed by atoms with Gasteiger partial charge in [-0.1, -0.05) is 68.4 Å². The molecule has 0 aliphatic rings. The molecular weight excluding hydrogens is 608 g/mol. The summed E-state index contributed by atoms with van der Waals surface area (Å²) in [6.07, 6.45) is 3.56. The predicted molar refractivity (Wildman–Crippen MR) is 194 cm³/mol. The van der Waals surface area contributed by atoms with Gasteiger partial charge in [-0.3, -0.25) is 25.2 Å². The second-order valence-corrected chi connectivity index (χ2v) is 15.7. The Labute approximate surface area is 285 Å². The van der Waals surface area contributed by atoms with Crippen LogP contribution in [-0.2, 0) is 37.0 Å². The van der Waals surface area contributed by atoms with Gasteiger partial charge in [0.05, 0.1) is 12.1 Å². The lowest BCUT2D eigenvalue weighted by Crippen LogP contribution is -2.54. The number of amides is 2. The Morgan fingerprint density at radius 3 is 1.88 bits per heavy atom. The predicted octanol–water partition coefficient (Wildman–Crippen LogP) is 2.54. The smallest absolute Gasteiger partial charge is 0.243 e. The Morgan fingerprint density at radius 2 is 1.40 bits per heavy atom. The van der Waals surface area contributed by atoms with E-state index in [-0.39, 0.29) is 41.0 Å². The Kier molecular flexibility index (Phi) is 13.6. The molecule has 0 aliphatic carbocycles. The second kappa shape index (κ2) is 16.3. The molecule has 3 atom stereocenters. The summed E-state index contributed by atoms with van der Waals surface area (Å²) >= 11 is 0. The topological polar surface area (TPSA) is 241 Å². The molecule has 1 radical (unpaired) electrons. The molecule has 0 saturated heterocycles. The number of hydrogen-bond acceptors (Lipinski definition) is 6. The zero-order chi connectivity index (χ0) is 36.6. The molecule has 13 nitrogen and oxygen atoms in total. The molecule has 48 heavy (non-hydrogen) atoms. The van der Waals surface area contributed by atoms with E-state index in [0.29, 0.717) is 32.4 Å². The number of nitrogens with one attached hydrogen (secondary N) is 7. The van der Waals surface area contributed by atoms with Crippen LogP contribution in [0.1, 0.15) is 110 Å². The summed E-state index contributed by atoms with van der Waals surface area (Å²) in [7, 11) is 0. The maximum Gasteiger partial charge on any atom is 0.243 e. The summed E-state index contributed by atoms with van der Waals surface area (Å²) in [5.74, 6) is -1.38. The van der Waals surface area contributed by atoms with Crippen LogP contribution in [0.25, 0.3) is 10.9 Å². The normalized spacial score (nSPS) is 14.1. The van der Waals surface area contributed by atoms with Gasteiger partial charge in [-0.2, -0.15) is 0 Å². The van der Waals surface area contributed by atoms with Crippen molar-refractivity contribution in [1.29, 1.82) is 10.8 Å². The lowest BCUT2D eigenvalue weighted by molar-refractivity contribution is -0.129. The molecule has 1 heterocycles. The van der Waals surface area contributed by atoms with Gasteiger partial charge < -0.3 is 43.5 Å². The van der Waals surface area contributed by atoms with Crippen molar-refractivity contribution in [2.24, 2.45) is 17.2 Å². The van der Waals surface area contributed by atoms with Crippen molar-refractivity contribution in [3.63, 3.8) is 0 Å². The standard InChI is InChI=1S/C35H59N10O3/c1-33(2,3)20-16-22-23(28(35(7,8)9)45-27(22)24(17-20)34(4,5)6)18-26(44-29(47)25(36)13-11-15-42-32(39)40)30(48)43-21(19-46)12-10-14-41-31(37)38/h16-17,21,25-26,45H,10-15,18,36H2,1-9H3,(H,43,48)(H,44,47)(H4,37,38,41)(H4,39,40,42)/t21-,25-,26-/m0/s1. The van der Waals surface area contributed by atoms with Crippen LogP contribution >= 0.6 is 0 Å². The fourth-order valence-electron chi connectivity index (χ4n) is 5.56. The average Bonchev–Trinajstić information content (AvgIpc) is 3.33. The van der Waals surface area contributed by atoms with E-state index in [1.165, 1.54) is 0 Å². The zero-order valence-electron chi connectivity index (χ0n) is 30.3. The quantitative estimate of drug-likeness (QED) is 0.0767. The van der Waals surface area contributed by atoms with Crippen molar-refractivity contribution in [3.8, 4) is 0 Å². The van der Waals surface area contributed by atoms with Crippen LogP contribution in [-0.4, -0.2) is 66.2 Å². The monoisotopic (exact) mass is 667 g/mol. The number of nitrogens with two attached hydrogens (primary N) is 3. The highest BCUT2D eigenvalue weighted by Gasteiger charge is 2.33. The van der Waals surface area contributed by atoms with Crippen molar-refractivity contribution in [2.45, 2.75) is 129 Å². The Morgan fingerprint density at radius 1 is 0.833 bits per heavy atom. The van der Waals surface area contributed by atoms with Gasteiger partial charge in [-0.15, -0.1) is 0 Å². The minimum absolute atomic E-state index is 0.149. The molecule has 2 rings (SSSR count). The number of hydrogen-bond donors (Lipinski definition) is 10. The Bertz CT molecular complexity index is 1460. The van der Waals surface area contributed by atoms with Gasteiger partial charge in [-0.05, 0) is 59.3 Å². The van der Waals surface area contributed by atoms with Crippen molar-refractivity contribution in [1.82, 2.24) is 26.3 Å². The fraction of sp³-hybridized carbons (Fsp3) is 0.629. The minimum Gasteiger partial charge on any atom is -0.370 e. The summed E-state index contributed by atoms with van der Waals surface area (Å²) in [5, 5.41) is 26.7. The number of aromatic nitrogens is 1. The molecular formula is C35H59N10O3. The van der Waals surface area contributed by atoms with E-state index in [9.17, 15) is 14.4 Å². The Balaban J connectivity index is 2.61. The second-order valence-electron chi connectivity index (χ2n) is 15.7. The van der Waals surface area contributed by atoms with Crippen LogP contribution in [0.4, 0.5) is 0 Å². The van der Waals surface area contributed by atoms with Gasteiger partial charge in [0.15, 0.2) is 11.9 Å². The maximum atomic E-state index is 13.9. The number of carbonyl (C=O) groups is 2. The third kappa shape index (κ3) is 11.5. The van der Waals surface area contributed by atoms with Gasteiger partial charge in [0, 0.05) is 41.5 Å². The number of fused-ring (bicyclic) bond motifs is 1. The van der Waals surface area contributed by atoms with E-state index < -0.39 is 29.9 Å². The van der Waals surface area contributed by atoms with E-state index in [4.69, 9.17) is 28.0 Å². The summed E-state index contributed by atoms with van der Waals surface area (Å²) in [6, 6.07) is 1.54. The number of H-pyrrole nitrogens is 1. The van der Waals surface area contributed by atoms with Crippen molar-refractivity contribution in [3.05, 3.63) is 34.5 Å². The summed E-state index contributed by atoms with van der Waals surface area (Å²) in [4.78, 5) is 43.0. The highest BCUT2D eigenvalue weighted by molar-refractivity contribution is 5.94.